The van der Waals surface area contributed by atoms with Gasteiger partial charge in [0.2, 0.25) is 11.8 Å². The number of likely N-dealkylation sites (N-methyl/N-ethyl adjacent to an activating group) is 1. The van der Waals surface area contributed by atoms with E-state index in [0.717, 1.165) is 0 Å². The maximum atomic E-state index is 12.9. The van der Waals surface area contributed by atoms with Crippen molar-refractivity contribution >= 4 is 28.7 Å². The van der Waals surface area contributed by atoms with Gasteiger partial charge in [-0.05, 0) is 36.8 Å². The Bertz CT molecular complexity index is 907. The molecule has 0 aliphatic rings. The summed E-state index contributed by atoms with van der Waals surface area (Å²) in [6, 6.07) is 5.49. The molecule has 8 nitrogen and oxygen atoms in total. The Kier molecular flexibility index (Phi) is 7.75. The number of benzene rings is 1. The number of amides is 2. The molecule has 0 radical (unpaired) electrons. The predicted octanol–water partition coefficient (Wildman–Crippen LogP) is 2.29. The second-order valence-corrected chi connectivity index (χ2v) is 7.96. The summed E-state index contributed by atoms with van der Waals surface area (Å²) < 4.78 is 5.25. The summed E-state index contributed by atoms with van der Waals surface area (Å²) in [6.07, 6.45) is 0.995. The average molecular weight is 402 g/mol. The van der Waals surface area contributed by atoms with Crippen molar-refractivity contribution in [2.75, 3.05) is 12.4 Å². The number of nitrogens with one attached hydrogen (secondary N) is 3. The minimum Gasteiger partial charge on any atom is -0.389 e. The van der Waals surface area contributed by atoms with E-state index >= 15 is 0 Å². The van der Waals surface area contributed by atoms with Gasteiger partial charge in [-0.1, -0.05) is 39.8 Å². The average Bonchev–Trinajstić information content (AvgIpc) is 2.65. The topological polar surface area (TPSA) is 113 Å². The van der Waals surface area contributed by atoms with Gasteiger partial charge < -0.3 is 20.4 Å². The van der Waals surface area contributed by atoms with Gasteiger partial charge in [0, 0.05) is 7.05 Å². The third-order valence-electron chi connectivity index (χ3n) is 4.44. The number of fused-ring (bicyclic) bond motifs is 1. The number of para-hydroxylation sites is 1. The number of hydrogen-bond donors (Lipinski definition) is 3. The molecule has 0 saturated heterocycles. The van der Waals surface area contributed by atoms with E-state index in [9.17, 15) is 14.4 Å². The lowest BCUT2D eigenvalue weighted by Gasteiger charge is -2.24. The molecule has 8 heteroatoms. The van der Waals surface area contributed by atoms with Crippen LogP contribution in [-0.4, -0.2) is 35.9 Å². The van der Waals surface area contributed by atoms with Crippen molar-refractivity contribution in [1.82, 2.24) is 15.6 Å². The summed E-state index contributed by atoms with van der Waals surface area (Å²) in [4.78, 5) is 41.6. The van der Waals surface area contributed by atoms with Crippen LogP contribution >= 0.6 is 0 Å². The third kappa shape index (κ3) is 6.30. The number of carbonyl (C=O) groups is 2. The van der Waals surface area contributed by atoms with Crippen LogP contribution in [0.5, 0.6) is 0 Å². The fourth-order valence-electron chi connectivity index (χ4n) is 3.08. The number of carbonyl (C=O) groups excluding carboxylic acids is 2. The molecule has 3 N–H and O–H groups in total. The SMILES string of the molecule is CNC(=O)[C@H](CC(C)C)NC(=O)[C@H](CC(C)C)Nc1nc2ccccc2c(=O)o1. The molecular formula is C21H30N4O4. The molecule has 2 amide bonds. The van der Waals surface area contributed by atoms with Gasteiger partial charge in [0.25, 0.3) is 6.01 Å². The molecule has 1 heterocycles. The maximum Gasteiger partial charge on any atom is 0.348 e. The van der Waals surface area contributed by atoms with Crippen LogP contribution in [0.25, 0.3) is 10.9 Å². The summed E-state index contributed by atoms with van der Waals surface area (Å²) in [5, 5.41) is 8.71. The molecule has 2 aromatic rings. The van der Waals surface area contributed by atoms with Crippen molar-refractivity contribution in [3.63, 3.8) is 0 Å². The largest absolute Gasteiger partial charge is 0.389 e. The molecule has 2 atom stereocenters. The van der Waals surface area contributed by atoms with E-state index in [1.165, 1.54) is 0 Å². The first-order valence-electron chi connectivity index (χ1n) is 9.89. The van der Waals surface area contributed by atoms with Crippen molar-refractivity contribution in [1.29, 1.82) is 0 Å². The predicted molar refractivity (Wildman–Crippen MR) is 113 cm³/mol. The summed E-state index contributed by atoms with van der Waals surface area (Å²) >= 11 is 0. The van der Waals surface area contributed by atoms with Gasteiger partial charge in [-0.2, -0.15) is 4.98 Å². The minimum atomic E-state index is -0.703. The zero-order valence-electron chi connectivity index (χ0n) is 17.6. The van der Waals surface area contributed by atoms with Crippen LogP contribution in [-0.2, 0) is 9.59 Å². The highest BCUT2D eigenvalue weighted by atomic mass is 16.4. The van der Waals surface area contributed by atoms with Gasteiger partial charge in [-0.15, -0.1) is 0 Å². The van der Waals surface area contributed by atoms with Gasteiger partial charge in [0.15, 0.2) is 0 Å². The minimum absolute atomic E-state index is 0.0187. The lowest BCUT2D eigenvalue weighted by atomic mass is 10.0. The molecule has 0 aliphatic heterocycles. The lowest BCUT2D eigenvalue weighted by Crippen LogP contribution is -2.51. The standard InChI is InChI=1S/C21H30N4O4/c1-12(2)10-16(18(26)22-5)23-19(27)17(11-13(3)4)25-21-24-15-9-7-6-8-14(15)20(28)29-21/h6-9,12-13,16-17H,10-11H2,1-5H3,(H,22,26)(H,23,27)(H,24,25)/t16-,17-/m0/s1. The van der Waals surface area contributed by atoms with Crippen molar-refractivity contribution < 1.29 is 14.0 Å². The Morgan fingerprint density at radius 2 is 1.62 bits per heavy atom. The van der Waals surface area contributed by atoms with E-state index in [0.29, 0.717) is 23.7 Å². The maximum absolute atomic E-state index is 12.9. The fourth-order valence-corrected chi connectivity index (χ4v) is 3.08. The Balaban J connectivity index is 2.25. The van der Waals surface area contributed by atoms with E-state index in [-0.39, 0.29) is 29.7 Å². The Morgan fingerprint density at radius 1 is 1.00 bits per heavy atom. The highest BCUT2D eigenvalue weighted by Gasteiger charge is 2.27. The number of rotatable bonds is 9. The van der Waals surface area contributed by atoms with Gasteiger partial charge in [-0.3, -0.25) is 9.59 Å². The van der Waals surface area contributed by atoms with Crippen LogP contribution in [0.4, 0.5) is 6.01 Å². The molecule has 0 bridgehead atoms. The van der Waals surface area contributed by atoms with Crippen LogP contribution in [0.1, 0.15) is 40.5 Å². The monoisotopic (exact) mass is 402 g/mol. The van der Waals surface area contributed by atoms with E-state index < -0.39 is 17.7 Å². The smallest absolute Gasteiger partial charge is 0.348 e. The number of anilines is 1. The molecule has 0 aliphatic carbocycles. The molecule has 0 saturated carbocycles. The molecule has 2 rings (SSSR count). The zero-order valence-corrected chi connectivity index (χ0v) is 17.6. The summed E-state index contributed by atoms with van der Waals surface area (Å²) in [6.45, 7) is 7.94. The Morgan fingerprint density at radius 3 is 2.24 bits per heavy atom. The first kappa shape index (κ1) is 22.4. The molecule has 158 valence electrons. The zero-order chi connectivity index (χ0) is 21.6. The Labute approximate surface area is 170 Å². The number of hydrogen-bond acceptors (Lipinski definition) is 6. The van der Waals surface area contributed by atoms with Gasteiger partial charge in [-0.25, -0.2) is 4.79 Å². The molecule has 0 unspecified atom stereocenters. The highest BCUT2D eigenvalue weighted by Crippen LogP contribution is 2.15. The van der Waals surface area contributed by atoms with Crippen molar-refractivity contribution in [3.8, 4) is 0 Å². The lowest BCUT2D eigenvalue weighted by molar-refractivity contribution is -0.129. The van der Waals surface area contributed by atoms with Crippen LogP contribution in [0, 0.1) is 11.8 Å². The van der Waals surface area contributed by atoms with Gasteiger partial charge in [0.1, 0.15) is 12.1 Å². The van der Waals surface area contributed by atoms with E-state index in [1.807, 2.05) is 27.7 Å². The van der Waals surface area contributed by atoms with Crippen molar-refractivity contribution in [2.45, 2.75) is 52.6 Å². The van der Waals surface area contributed by atoms with Crippen LogP contribution in [0.3, 0.4) is 0 Å². The first-order chi connectivity index (χ1) is 13.7. The highest BCUT2D eigenvalue weighted by molar-refractivity contribution is 5.90. The molecular weight excluding hydrogens is 372 g/mol. The van der Waals surface area contributed by atoms with E-state index in [1.54, 1.807) is 31.3 Å². The van der Waals surface area contributed by atoms with Crippen molar-refractivity contribution in [2.24, 2.45) is 11.8 Å². The van der Waals surface area contributed by atoms with Gasteiger partial charge in [0.05, 0.1) is 10.9 Å². The molecule has 0 spiro atoms. The number of nitrogens with zero attached hydrogens (tertiary/aromatic N) is 1. The fraction of sp³-hybridized carbons (Fsp3) is 0.524. The quantitative estimate of drug-likeness (QED) is 0.593. The second-order valence-electron chi connectivity index (χ2n) is 7.96. The van der Waals surface area contributed by atoms with E-state index in [2.05, 4.69) is 20.9 Å². The molecule has 0 fully saturated rings. The van der Waals surface area contributed by atoms with Crippen LogP contribution in [0.2, 0.25) is 0 Å². The second kappa shape index (κ2) is 10.0. The van der Waals surface area contributed by atoms with Crippen molar-refractivity contribution in [3.05, 3.63) is 34.7 Å². The summed E-state index contributed by atoms with van der Waals surface area (Å²) in [5.74, 6) is -0.167. The molecule has 29 heavy (non-hydrogen) atoms. The van der Waals surface area contributed by atoms with E-state index in [4.69, 9.17) is 4.42 Å². The number of aromatic nitrogens is 1. The van der Waals surface area contributed by atoms with Gasteiger partial charge >= 0.3 is 5.63 Å². The van der Waals surface area contributed by atoms with Crippen LogP contribution < -0.4 is 21.6 Å². The molecule has 1 aromatic carbocycles. The summed E-state index contributed by atoms with van der Waals surface area (Å²) in [7, 11) is 1.54. The summed E-state index contributed by atoms with van der Waals surface area (Å²) in [5.41, 5.74) is -0.0390. The molecule has 1 aromatic heterocycles. The normalized spacial score (nSPS) is 13.3. The first-order valence-corrected chi connectivity index (χ1v) is 9.89. The Hall–Kier alpha value is -2.90. The third-order valence-corrected chi connectivity index (χ3v) is 4.44. The van der Waals surface area contributed by atoms with Crippen LogP contribution in [0.15, 0.2) is 33.5 Å².